The van der Waals surface area contributed by atoms with Crippen LogP contribution in [0.5, 0.6) is 0 Å². The Morgan fingerprint density at radius 1 is 1.22 bits per heavy atom. The monoisotopic (exact) mass is 426 g/mol. The van der Waals surface area contributed by atoms with E-state index in [0.717, 1.165) is 0 Å². The molecular formula is C17H24ClFO7S. The van der Waals surface area contributed by atoms with Crippen LogP contribution in [0.4, 0.5) is 4.39 Å². The maximum Gasteiger partial charge on any atom is 0.184 e. The van der Waals surface area contributed by atoms with Crippen molar-refractivity contribution in [3.05, 3.63) is 35.6 Å². The van der Waals surface area contributed by atoms with Crippen LogP contribution >= 0.6 is 0 Å². The Bertz CT molecular complexity index is 612. The molecule has 8 atom stereocenters. The fourth-order valence-electron chi connectivity index (χ4n) is 3.33. The molecule has 0 bridgehead atoms. The average Bonchev–Trinajstić information content (AvgIpc) is 2.88. The molecule has 0 aromatic heterocycles. The summed E-state index contributed by atoms with van der Waals surface area (Å²) in [6.45, 7) is -0.372. The smallest absolute Gasteiger partial charge is 0.184 e. The summed E-state index contributed by atoms with van der Waals surface area (Å²) in [5, 5.41) is 49.3. The summed E-state index contributed by atoms with van der Waals surface area (Å²) >= 11 is 0. The zero-order chi connectivity index (χ0) is 18.8. The lowest BCUT2D eigenvalue weighted by atomic mass is 10.1. The Hall–Kier alpha value is -0.490. The molecule has 2 saturated heterocycles. The second-order valence-electron chi connectivity index (χ2n) is 6.61. The molecule has 1 aromatic rings. The van der Waals surface area contributed by atoms with Crippen molar-refractivity contribution < 1.29 is 51.8 Å². The first-order valence-electron chi connectivity index (χ1n) is 8.42. The third-order valence-electron chi connectivity index (χ3n) is 4.73. The predicted molar refractivity (Wildman–Crippen MR) is 92.0 cm³/mol. The molecule has 5 N–H and O–H groups in total. The van der Waals surface area contributed by atoms with Crippen LogP contribution in [0.2, 0.25) is 0 Å². The maximum atomic E-state index is 13.4. The fraction of sp³-hybridized carbons (Fsp3) is 0.647. The highest BCUT2D eigenvalue weighted by Crippen LogP contribution is 2.31. The number of aliphatic hydroxyl groups excluding tert-OH is 5. The molecule has 2 unspecified atom stereocenters. The van der Waals surface area contributed by atoms with E-state index in [1.54, 1.807) is 6.07 Å². The number of ether oxygens (including phenoxy) is 2. The largest absolute Gasteiger partial charge is 1.00 e. The van der Waals surface area contributed by atoms with E-state index in [0.29, 0.717) is 5.56 Å². The van der Waals surface area contributed by atoms with Crippen molar-refractivity contribution in [3.8, 4) is 0 Å². The first-order chi connectivity index (χ1) is 12.4. The van der Waals surface area contributed by atoms with E-state index in [4.69, 9.17) is 9.47 Å². The van der Waals surface area contributed by atoms with Gasteiger partial charge in [-0.1, -0.05) is 12.1 Å². The second-order valence-corrected chi connectivity index (χ2v) is 8.95. The lowest BCUT2D eigenvalue weighted by molar-refractivity contribution is -0.273. The number of halogens is 2. The molecule has 154 valence electrons. The van der Waals surface area contributed by atoms with Crippen molar-refractivity contribution in [2.75, 3.05) is 24.7 Å². The molecule has 0 amide bonds. The molecule has 2 aliphatic rings. The van der Waals surface area contributed by atoms with Gasteiger partial charge in [0.2, 0.25) is 0 Å². The summed E-state index contributed by atoms with van der Waals surface area (Å²) < 4.78 is 24.5. The summed E-state index contributed by atoms with van der Waals surface area (Å²) in [5.41, 5.74) is 0.441. The van der Waals surface area contributed by atoms with Gasteiger partial charge in [0.25, 0.3) is 0 Å². The van der Waals surface area contributed by atoms with E-state index in [1.165, 1.54) is 18.2 Å². The Labute approximate surface area is 165 Å². The normalized spacial score (nSPS) is 37.6. The van der Waals surface area contributed by atoms with E-state index in [-0.39, 0.29) is 37.1 Å². The highest BCUT2D eigenvalue weighted by Gasteiger charge is 2.51. The molecule has 2 heterocycles. The third-order valence-corrected chi connectivity index (χ3v) is 7.55. The van der Waals surface area contributed by atoms with Gasteiger partial charge in [-0.05, 0) is 12.1 Å². The summed E-state index contributed by atoms with van der Waals surface area (Å²) in [5.74, 6) is -0.00772. The van der Waals surface area contributed by atoms with Crippen molar-refractivity contribution in [2.24, 2.45) is 0 Å². The Balaban J connectivity index is 0.00000261. The van der Waals surface area contributed by atoms with Gasteiger partial charge in [-0.25, -0.2) is 4.39 Å². The predicted octanol–water partition coefficient (Wildman–Crippen LogP) is -4.32. The van der Waals surface area contributed by atoms with Crippen LogP contribution in [0.1, 0.15) is 11.9 Å². The van der Waals surface area contributed by atoms with Crippen molar-refractivity contribution >= 4 is 10.9 Å². The van der Waals surface area contributed by atoms with Crippen molar-refractivity contribution in [1.82, 2.24) is 0 Å². The van der Waals surface area contributed by atoms with Crippen LogP contribution in [-0.2, 0) is 20.4 Å². The molecule has 0 radical (unpaired) electrons. The average molecular weight is 427 g/mol. The minimum atomic E-state index is -1.08. The van der Waals surface area contributed by atoms with E-state index in [2.05, 4.69) is 0 Å². The molecule has 10 heteroatoms. The van der Waals surface area contributed by atoms with Crippen LogP contribution < -0.4 is 12.4 Å². The van der Waals surface area contributed by atoms with Gasteiger partial charge in [-0.15, -0.1) is 0 Å². The summed E-state index contributed by atoms with van der Waals surface area (Å²) in [4.78, 5) is 0. The number of hydrogen-bond acceptors (Lipinski definition) is 7. The first kappa shape index (κ1) is 22.8. The van der Waals surface area contributed by atoms with E-state index >= 15 is 0 Å². The number of rotatable bonds is 5. The standard InChI is InChI=1S/C17H24FO7S.ClH/c18-10-3-1-2-9(4-10)17-24-6-11(20)16(25-17)13(22)8-26-7-12(21)15(23)14(26)5-19;/h1-4,11-17,19-23H,5-8H2;1H/q+1;/p-1/t11-,12-,13-,14-,15+,16+,17?,26?;/m1./s1. The van der Waals surface area contributed by atoms with Crippen LogP contribution in [0.3, 0.4) is 0 Å². The van der Waals surface area contributed by atoms with E-state index in [1.807, 2.05) is 0 Å². The quantitative estimate of drug-likeness (QED) is 0.302. The summed E-state index contributed by atoms with van der Waals surface area (Å²) in [6, 6.07) is 5.70. The van der Waals surface area contributed by atoms with Crippen molar-refractivity contribution in [1.29, 1.82) is 0 Å². The molecule has 0 aliphatic carbocycles. The van der Waals surface area contributed by atoms with E-state index < -0.39 is 58.8 Å². The molecule has 27 heavy (non-hydrogen) atoms. The van der Waals surface area contributed by atoms with Crippen LogP contribution in [0.15, 0.2) is 24.3 Å². The first-order valence-corrected chi connectivity index (χ1v) is 10.0. The summed E-state index contributed by atoms with van der Waals surface area (Å²) in [7, 11) is -0.623. The maximum absolute atomic E-state index is 13.4. The van der Waals surface area contributed by atoms with Crippen molar-refractivity contribution in [3.63, 3.8) is 0 Å². The molecule has 7 nitrogen and oxygen atoms in total. The summed E-state index contributed by atoms with van der Waals surface area (Å²) in [6.07, 6.45) is -5.99. The van der Waals surface area contributed by atoms with Gasteiger partial charge in [-0.2, -0.15) is 0 Å². The van der Waals surface area contributed by atoms with E-state index in [9.17, 15) is 29.9 Å². The Morgan fingerprint density at radius 2 is 1.96 bits per heavy atom. The minimum Gasteiger partial charge on any atom is -1.00 e. The van der Waals surface area contributed by atoms with Gasteiger partial charge in [0.05, 0.1) is 13.2 Å². The molecule has 1 aromatic carbocycles. The topological polar surface area (TPSA) is 120 Å². The zero-order valence-corrected chi connectivity index (χ0v) is 16.0. The van der Waals surface area contributed by atoms with Gasteiger partial charge in [0.15, 0.2) is 11.5 Å². The number of benzene rings is 1. The molecular weight excluding hydrogens is 403 g/mol. The number of hydrogen-bond donors (Lipinski definition) is 5. The molecule has 2 fully saturated rings. The van der Waals surface area contributed by atoms with Gasteiger partial charge >= 0.3 is 0 Å². The zero-order valence-electron chi connectivity index (χ0n) is 14.4. The molecule has 0 saturated carbocycles. The Morgan fingerprint density at radius 3 is 2.63 bits per heavy atom. The van der Waals surface area contributed by atoms with Gasteiger partial charge in [0, 0.05) is 16.5 Å². The van der Waals surface area contributed by atoms with Gasteiger partial charge in [-0.3, -0.25) is 0 Å². The van der Waals surface area contributed by atoms with Gasteiger partial charge < -0.3 is 47.4 Å². The Kier molecular flexibility index (Phi) is 8.29. The molecule has 0 spiro atoms. The third kappa shape index (κ3) is 5.11. The van der Waals surface area contributed by atoms with Crippen molar-refractivity contribution in [2.45, 2.75) is 42.1 Å². The fourth-order valence-corrected chi connectivity index (χ4v) is 6.02. The highest BCUT2D eigenvalue weighted by molar-refractivity contribution is 7.97. The SMILES string of the molecule is OC[C@@H]1[C@@H](O)[C@H](O)C[S+]1C[C@@H](O)[C@H]1OC(c2cccc(F)c2)OC[C@H]1O.[Cl-]. The lowest BCUT2D eigenvalue weighted by Gasteiger charge is -2.36. The highest BCUT2D eigenvalue weighted by atomic mass is 35.5. The second kappa shape index (κ2) is 9.82. The lowest BCUT2D eigenvalue weighted by Crippen LogP contribution is -3.00. The minimum absolute atomic E-state index is 0. The van der Waals surface area contributed by atoms with Gasteiger partial charge in [0.1, 0.15) is 47.8 Å². The van der Waals surface area contributed by atoms with Crippen LogP contribution in [0, 0.1) is 5.82 Å². The van der Waals surface area contributed by atoms with Crippen LogP contribution in [0.25, 0.3) is 0 Å². The molecule has 3 rings (SSSR count). The number of aliphatic hydroxyl groups is 5. The molecule has 2 aliphatic heterocycles. The van der Waals surface area contributed by atoms with Crippen LogP contribution in [-0.4, -0.2) is 86.0 Å².